The van der Waals surface area contributed by atoms with Crippen molar-refractivity contribution in [2.45, 2.75) is 117 Å². The van der Waals surface area contributed by atoms with Crippen LogP contribution < -0.4 is 0 Å². The molecule has 142 valence electrons. The van der Waals surface area contributed by atoms with Gasteiger partial charge in [0.1, 0.15) is 0 Å². The first-order valence-electron chi connectivity index (χ1n) is 10.5. The highest BCUT2D eigenvalue weighted by Gasteiger charge is 1.99. The molecule has 0 atom stereocenters. The van der Waals surface area contributed by atoms with Crippen molar-refractivity contribution >= 4 is 0 Å². The van der Waals surface area contributed by atoms with Gasteiger partial charge in [-0.1, -0.05) is 104 Å². The number of halogens is 1. The predicted molar refractivity (Wildman–Crippen MR) is 105 cm³/mol. The smallest absolute Gasteiger partial charge is 0.00218 e. The number of hydrogen-bond donors (Lipinski definition) is 0. The van der Waals surface area contributed by atoms with Gasteiger partial charge in [-0.05, 0) is 33.0 Å². The van der Waals surface area contributed by atoms with E-state index in [1.54, 1.807) is 0 Å². The minimum absolute atomic E-state index is 0. The van der Waals surface area contributed by atoms with E-state index in [2.05, 4.69) is 25.8 Å². The minimum atomic E-state index is 0. The van der Waals surface area contributed by atoms with Crippen LogP contribution in [0, 0.1) is 0 Å². The summed E-state index contributed by atoms with van der Waals surface area (Å²) in [6.45, 7) is 7.21. The highest BCUT2D eigenvalue weighted by Crippen LogP contribution is 2.10. The summed E-state index contributed by atoms with van der Waals surface area (Å²) in [5.74, 6) is 0. The summed E-state index contributed by atoms with van der Waals surface area (Å²) in [5.41, 5.74) is 0. The van der Waals surface area contributed by atoms with Crippen LogP contribution in [0.5, 0.6) is 0 Å². The van der Waals surface area contributed by atoms with Crippen molar-refractivity contribution in [3.8, 4) is 0 Å². The topological polar surface area (TPSA) is 3.24 Å². The second-order valence-electron chi connectivity index (χ2n) is 7.25. The van der Waals surface area contributed by atoms with Crippen molar-refractivity contribution < 1.29 is 4.70 Å². The van der Waals surface area contributed by atoms with Gasteiger partial charge in [0, 0.05) is 0 Å². The van der Waals surface area contributed by atoms with Crippen molar-refractivity contribution in [1.82, 2.24) is 4.90 Å². The highest BCUT2D eigenvalue weighted by molar-refractivity contribution is 4.54. The SMILES string of the molecule is CCCCCCCCCCN(C)CCCCCCCCCC.F. The van der Waals surface area contributed by atoms with Crippen LogP contribution in [0.2, 0.25) is 0 Å². The van der Waals surface area contributed by atoms with Crippen molar-refractivity contribution in [1.29, 1.82) is 0 Å². The van der Waals surface area contributed by atoms with Gasteiger partial charge in [0.05, 0.1) is 0 Å². The molecule has 0 heterocycles. The van der Waals surface area contributed by atoms with E-state index >= 15 is 0 Å². The average Bonchev–Trinajstić information content (AvgIpc) is 2.52. The van der Waals surface area contributed by atoms with E-state index in [9.17, 15) is 0 Å². The molecule has 1 nitrogen and oxygen atoms in total. The lowest BCUT2D eigenvalue weighted by molar-refractivity contribution is 0.314. The van der Waals surface area contributed by atoms with Crippen molar-refractivity contribution in [3.63, 3.8) is 0 Å². The summed E-state index contributed by atoms with van der Waals surface area (Å²) in [4.78, 5) is 2.55. The fraction of sp³-hybridized carbons (Fsp3) is 1.00. The average molecular weight is 332 g/mol. The van der Waals surface area contributed by atoms with E-state index in [1.165, 1.54) is 116 Å². The first-order chi connectivity index (χ1) is 10.8. The Morgan fingerprint density at radius 2 is 0.696 bits per heavy atom. The molecule has 0 aromatic carbocycles. The monoisotopic (exact) mass is 331 g/mol. The van der Waals surface area contributed by atoms with Crippen LogP contribution >= 0.6 is 0 Å². The third-order valence-electron chi connectivity index (χ3n) is 4.79. The standard InChI is InChI=1S/C21H45N.FH/c1-4-6-8-10-12-14-16-18-20-22(3)21-19-17-15-13-11-9-7-5-2;/h4-21H2,1-3H3;1H. The van der Waals surface area contributed by atoms with Gasteiger partial charge in [-0.3, -0.25) is 4.70 Å². The molecular formula is C21H46FN. The Morgan fingerprint density at radius 3 is 1.00 bits per heavy atom. The van der Waals surface area contributed by atoms with Crippen molar-refractivity contribution in [2.24, 2.45) is 0 Å². The van der Waals surface area contributed by atoms with Gasteiger partial charge in [-0.2, -0.15) is 0 Å². The van der Waals surface area contributed by atoms with Crippen LogP contribution in [0.4, 0.5) is 4.70 Å². The molecule has 0 amide bonds. The molecule has 0 unspecified atom stereocenters. The van der Waals surface area contributed by atoms with E-state index in [0.29, 0.717) is 0 Å². The summed E-state index contributed by atoms with van der Waals surface area (Å²) in [6, 6.07) is 0. The molecule has 0 aliphatic carbocycles. The summed E-state index contributed by atoms with van der Waals surface area (Å²) in [6.07, 6.45) is 22.9. The summed E-state index contributed by atoms with van der Waals surface area (Å²) < 4.78 is 0. The minimum Gasteiger partial charge on any atom is -0.306 e. The third-order valence-corrected chi connectivity index (χ3v) is 4.79. The fourth-order valence-corrected chi connectivity index (χ4v) is 3.14. The van der Waals surface area contributed by atoms with E-state index < -0.39 is 0 Å². The molecule has 0 radical (unpaired) electrons. The molecule has 2 heteroatoms. The van der Waals surface area contributed by atoms with Gasteiger partial charge in [0.15, 0.2) is 0 Å². The molecule has 0 aliphatic heterocycles. The van der Waals surface area contributed by atoms with Crippen LogP contribution in [0.3, 0.4) is 0 Å². The molecular weight excluding hydrogens is 285 g/mol. The Balaban J connectivity index is 0. The number of rotatable bonds is 18. The highest BCUT2D eigenvalue weighted by atomic mass is 19.0. The molecule has 0 aromatic heterocycles. The van der Waals surface area contributed by atoms with Crippen molar-refractivity contribution in [3.05, 3.63) is 0 Å². The Bertz CT molecular complexity index is 176. The fourth-order valence-electron chi connectivity index (χ4n) is 3.14. The summed E-state index contributed by atoms with van der Waals surface area (Å²) in [7, 11) is 2.31. The lowest BCUT2D eigenvalue weighted by Gasteiger charge is -2.16. The second kappa shape index (κ2) is 21.9. The zero-order valence-electron chi connectivity index (χ0n) is 16.6. The van der Waals surface area contributed by atoms with E-state index in [-0.39, 0.29) is 4.70 Å². The first-order valence-corrected chi connectivity index (χ1v) is 10.5. The van der Waals surface area contributed by atoms with Gasteiger partial charge >= 0.3 is 0 Å². The largest absolute Gasteiger partial charge is 0.306 e. The maximum atomic E-state index is 2.55. The maximum Gasteiger partial charge on any atom is -0.00218 e. The predicted octanol–water partition coefficient (Wildman–Crippen LogP) is 7.35. The van der Waals surface area contributed by atoms with Gasteiger partial charge in [-0.15, -0.1) is 0 Å². The van der Waals surface area contributed by atoms with Crippen LogP contribution in [-0.2, 0) is 0 Å². The number of hydrogen-bond acceptors (Lipinski definition) is 1. The number of unbranched alkanes of at least 4 members (excludes halogenated alkanes) is 14. The van der Waals surface area contributed by atoms with Crippen LogP contribution in [0.25, 0.3) is 0 Å². The van der Waals surface area contributed by atoms with Crippen molar-refractivity contribution in [2.75, 3.05) is 20.1 Å². The first kappa shape index (κ1) is 25.1. The van der Waals surface area contributed by atoms with Crippen LogP contribution in [0.1, 0.15) is 117 Å². The van der Waals surface area contributed by atoms with Crippen LogP contribution in [-0.4, -0.2) is 25.0 Å². The Morgan fingerprint density at radius 1 is 0.435 bits per heavy atom. The summed E-state index contributed by atoms with van der Waals surface area (Å²) >= 11 is 0. The molecule has 0 spiro atoms. The molecule has 0 saturated heterocycles. The van der Waals surface area contributed by atoms with Gasteiger partial charge in [-0.25, -0.2) is 0 Å². The zero-order valence-corrected chi connectivity index (χ0v) is 16.6. The molecule has 23 heavy (non-hydrogen) atoms. The van der Waals surface area contributed by atoms with Gasteiger partial charge in [0.25, 0.3) is 0 Å². The lowest BCUT2D eigenvalue weighted by atomic mass is 10.1. The molecule has 0 N–H and O–H groups in total. The lowest BCUT2D eigenvalue weighted by Crippen LogP contribution is -2.20. The molecule has 0 saturated carbocycles. The van der Waals surface area contributed by atoms with Crippen LogP contribution in [0.15, 0.2) is 0 Å². The second-order valence-corrected chi connectivity index (χ2v) is 7.25. The Hall–Kier alpha value is -0.110. The van der Waals surface area contributed by atoms with E-state index in [0.717, 1.165) is 0 Å². The molecule has 0 bridgehead atoms. The van der Waals surface area contributed by atoms with Gasteiger partial charge in [0.2, 0.25) is 0 Å². The normalized spacial score (nSPS) is 11.0. The quantitative estimate of drug-likeness (QED) is 0.237. The van der Waals surface area contributed by atoms with Gasteiger partial charge < -0.3 is 4.90 Å². The molecule has 0 rings (SSSR count). The van der Waals surface area contributed by atoms with E-state index in [1.807, 2.05) is 0 Å². The summed E-state index contributed by atoms with van der Waals surface area (Å²) in [5, 5.41) is 0. The Labute approximate surface area is 147 Å². The molecule has 0 aliphatic rings. The van der Waals surface area contributed by atoms with E-state index in [4.69, 9.17) is 0 Å². The molecule has 0 fully saturated rings. The molecule has 0 aromatic rings. The zero-order chi connectivity index (χ0) is 16.3. The third kappa shape index (κ3) is 21.9. The maximum absolute atomic E-state index is 2.55. The number of nitrogens with zero attached hydrogens (tertiary/aromatic N) is 1. The Kier molecular flexibility index (Phi) is 23.9.